The summed E-state index contributed by atoms with van der Waals surface area (Å²) in [6, 6.07) is 0. The molecule has 0 bridgehead atoms. The molecule has 1 aromatic rings. The van der Waals surface area contributed by atoms with E-state index >= 15 is 0 Å². The van der Waals surface area contributed by atoms with Gasteiger partial charge in [0.1, 0.15) is 11.3 Å². The van der Waals surface area contributed by atoms with Crippen molar-refractivity contribution in [2.24, 2.45) is 0 Å². The number of nitrogens with zero attached hydrogens (tertiary/aromatic N) is 3. The van der Waals surface area contributed by atoms with Crippen LogP contribution in [0.3, 0.4) is 0 Å². The molecule has 1 aromatic heterocycles. The quantitative estimate of drug-likeness (QED) is 0.804. The molecule has 1 unspecified atom stereocenters. The number of hydrogen-bond donors (Lipinski definition) is 0. The van der Waals surface area contributed by atoms with Gasteiger partial charge in [0.2, 0.25) is 11.8 Å². The van der Waals surface area contributed by atoms with Crippen LogP contribution in [-0.4, -0.2) is 65.7 Å². The number of amides is 2. The average molecular weight is 349 g/mol. The predicted octanol–water partition coefficient (Wildman–Crippen LogP) is 1.46. The van der Waals surface area contributed by atoms with Crippen molar-refractivity contribution in [3.63, 3.8) is 0 Å². The lowest BCUT2D eigenvalue weighted by Crippen LogP contribution is -2.61. The topological polar surface area (TPSA) is 75.9 Å². The maximum absolute atomic E-state index is 13.2. The Morgan fingerprint density at radius 3 is 2.64 bits per heavy atom. The van der Waals surface area contributed by atoms with Crippen molar-refractivity contribution in [2.75, 3.05) is 33.4 Å². The summed E-state index contributed by atoms with van der Waals surface area (Å²) < 4.78 is 10.3. The largest absolute Gasteiger partial charge is 0.383 e. The Morgan fingerprint density at radius 1 is 1.28 bits per heavy atom. The van der Waals surface area contributed by atoms with Crippen LogP contribution in [0.15, 0.2) is 4.52 Å². The third kappa shape index (κ3) is 3.17. The molecule has 0 radical (unpaired) electrons. The van der Waals surface area contributed by atoms with Gasteiger partial charge in [0.25, 0.3) is 0 Å². The van der Waals surface area contributed by atoms with E-state index in [-0.39, 0.29) is 18.2 Å². The fourth-order valence-electron chi connectivity index (χ4n) is 4.21. The maximum Gasteiger partial charge on any atom is 0.248 e. The average Bonchev–Trinajstić information content (AvgIpc) is 3.15. The molecule has 3 heterocycles. The van der Waals surface area contributed by atoms with Crippen LogP contribution in [-0.2, 0) is 20.7 Å². The Labute approximate surface area is 148 Å². The van der Waals surface area contributed by atoms with Crippen LogP contribution in [0.5, 0.6) is 0 Å². The van der Waals surface area contributed by atoms with Gasteiger partial charge in [-0.3, -0.25) is 9.59 Å². The number of carbonyl (C=O) groups is 2. The predicted molar refractivity (Wildman–Crippen MR) is 91.0 cm³/mol. The zero-order valence-electron chi connectivity index (χ0n) is 15.3. The monoisotopic (exact) mass is 349 g/mol. The second kappa shape index (κ2) is 7.15. The van der Waals surface area contributed by atoms with Crippen molar-refractivity contribution < 1.29 is 18.8 Å². The molecule has 0 aromatic carbocycles. The van der Waals surface area contributed by atoms with E-state index in [1.54, 1.807) is 7.11 Å². The minimum Gasteiger partial charge on any atom is -0.383 e. The highest BCUT2D eigenvalue weighted by atomic mass is 16.5. The first kappa shape index (κ1) is 17.9. The molecule has 138 valence electrons. The van der Waals surface area contributed by atoms with Gasteiger partial charge < -0.3 is 19.1 Å². The lowest BCUT2D eigenvalue weighted by Gasteiger charge is -2.44. The van der Waals surface area contributed by atoms with Crippen LogP contribution in [0, 0.1) is 13.8 Å². The number of aromatic nitrogens is 1. The van der Waals surface area contributed by atoms with Crippen LogP contribution in [0.1, 0.15) is 42.7 Å². The molecule has 7 heteroatoms. The minimum absolute atomic E-state index is 0.00570. The third-order valence-electron chi connectivity index (χ3n) is 5.57. The van der Waals surface area contributed by atoms with Crippen molar-refractivity contribution in [3.8, 4) is 0 Å². The lowest BCUT2D eigenvalue weighted by molar-refractivity contribution is -0.155. The molecule has 0 N–H and O–H groups in total. The standard InChI is InChI=1S/C18H27N3O4/c1-13-15(14(2)25-19-13)12-16(22)21-9-5-7-18(21)6-4-8-20(17(18)23)10-11-24-3/h4-12H2,1-3H3. The van der Waals surface area contributed by atoms with Gasteiger partial charge in [0.05, 0.1) is 18.7 Å². The Kier molecular flexibility index (Phi) is 5.13. The number of piperidine rings is 1. The highest BCUT2D eigenvalue weighted by Crippen LogP contribution is 2.38. The molecule has 2 saturated heterocycles. The molecule has 7 nitrogen and oxygen atoms in total. The van der Waals surface area contributed by atoms with Gasteiger partial charge in [-0.15, -0.1) is 0 Å². The molecule has 1 spiro atoms. The molecule has 2 aliphatic rings. The molecule has 1 atom stereocenters. The van der Waals surface area contributed by atoms with Crippen molar-refractivity contribution in [2.45, 2.75) is 51.5 Å². The SMILES string of the molecule is COCCN1CCCC2(CCCN2C(=O)Cc2c(C)noc2C)C1=O. The number of carbonyl (C=O) groups excluding carboxylic acids is 2. The van der Waals surface area contributed by atoms with Gasteiger partial charge in [-0.2, -0.15) is 0 Å². The normalized spacial score (nSPS) is 23.7. The van der Waals surface area contributed by atoms with E-state index in [0.717, 1.165) is 43.5 Å². The zero-order chi connectivity index (χ0) is 18.0. The van der Waals surface area contributed by atoms with E-state index in [0.29, 0.717) is 25.5 Å². The zero-order valence-corrected chi connectivity index (χ0v) is 15.3. The summed E-state index contributed by atoms with van der Waals surface area (Å²) in [5.74, 6) is 0.755. The Balaban J connectivity index is 1.79. The molecule has 2 fully saturated rings. The summed E-state index contributed by atoms with van der Waals surface area (Å²) >= 11 is 0. The molecule has 2 amide bonds. The summed E-state index contributed by atoms with van der Waals surface area (Å²) in [6.07, 6.45) is 3.54. The highest BCUT2D eigenvalue weighted by molar-refractivity contribution is 5.93. The lowest BCUT2D eigenvalue weighted by atomic mass is 9.85. The van der Waals surface area contributed by atoms with Crippen molar-refractivity contribution in [1.29, 1.82) is 0 Å². The van der Waals surface area contributed by atoms with E-state index < -0.39 is 5.54 Å². The fourth-order valence-corrected chi connectivity index (χ4v) is 4.21. The Bertz CT molecular complexity index is 637. The first-order chi connectivity index (χ1) is 12.0. The molecule has 3 rings (SSSR count). The Hall–Kier alpha value is -1.89. The molecule has 0 saturated carbocycles. The van der Waals surface area contributed by atoms with Crippen molar-refractivity contribution in [3.05, 3.63) is 17.0 Å². The number of likely N-dealkylation sites (tertiary alicyclic amines) is 2. The smallest absolute Gasteiger partial charge is 0.248 e. The van der Waals surface area contributed by atoms with Gasteiger partial charge in [-0.05, 0) is 39.5 Å². The summed E-state index contributed by atoms with van der Waals surface area (Å²) in [5, 5.41) is 3.93. The Morgan fingerprint density at radius 2 is 2.00 bits per heavy atom. The van der Waals surface area contributed by atoms with Gasteiger partial charge in [-0.1, -0.05) is 5.16 Å². The number of ether oxygens (including phenoxy) is 1. The molecule has 25 heavy (non-hydrogen) atoms. The summed E-state index contributed by atoms with van der Waals surface area (Å²) in [5.41, 5.74) is 0.921. The first-order valence-corrected chi connectivity index (χ1v) is 9.00. The molecule has 0 aliphatic carbocycles. The fraction of sp³-hybridized carbons (Fsp3) is 0.722. The van der Waals surface area contributed by atoms with Gasteiger partial charge >= 0.3 is 0 Å². The maximum atomic E-state index is 13.2. The summed E-state index contributed by atoms with van der Waals surface area (Å²) in [7, 11) is 1.64. The van der Waals surface area contributed by atoms with E-state index in [4.69, 9.17) is 9.26 Å². The van der Waals surface area contributed by atoms with E-state index in [9.17, 15) is 9.59 Å². The second-order valence-corrected chi connectivity index (χ2v) is 7.05. The van der Waals surface area contributed by atoms with Crippen molar-refractivity contribution >= 4 is 11.8 Å². The van der Waals surface area contributed by atoms with Gasteiger partial charge in [0.15, 0.2) is 0 Å². The number of hydrogen-bond acceptors (Lipinski definition) is 5. The molecule has 2 aliphatic heterocycles. The second-order valence-electron chi connectivity index (χ2n) is 7.05. The van der Waals surface area contributed by atoms with E-state index in [1.165, 1.54) is 0 Å². The molecular formula is C18H27N3O4. The number of aryl methyl sites for hydroxylation is 2. The van der Waals surface area contributed by atoms with Crippen LogP contribution >= 0.6 is 0 Å². The van der Waals surface area contributed by atoms with E-state index in [2.05, 4.69) is 5.16 Å². The first-order valence-electron chi connectivity index (χ1n) is 9.00. The number of methoxy groups -OCH3 is 1. The van der Waals surface area contributed by atoms with Crippen LogP contribution in [0.4, 0.5) is 0 Å². The van der Waals surface area contributed by atoms with Crippen molar-refractivity contribution in [1.82, 2.24) is 15.0 Å². The van der Waals surface area contributed by atoms with Gasteiger partial charge in [0, 0.05) is 32.3 Å². The highest BCUT2D eigenvalue weighted by Gasteiger charge is 2.52. The third-order valence-corrected chi connectivity index (χ3v) is 5.57. The van der Waals surface area contributed by atoms with Gasteiger partial charge in [-0.25, -0.2) is 0 Å². The molecular weight excluding hydrogens is 322 g/mol. The summed E-state index contributed by atoms with van der Waals surface area (Å²) in [6.45, 7) is 6.16. The number of rotatable bonds is 5. The van der Waals surface area contributed by atoms with Crippen LogP contribution < -0.4 is 0 Å². The van der Waals surface area contributed by atoms with E-state index in [1.807, 2.05) is 23.6 Å². The van der Waals surface area contributed by atoms with Crippen LogP contribution in [0.2, 0.25) is 0 Å². The van der Waals surface area contributed by atoms with Crippen LogP contribution in [0.25, 0.3) is 0 Å². The minimum atomic E-state index is -0.665. The summed E-state index contributed by atoms with van der Waals surface area (Å²) in [4.78, 5) is 29.8.